The van der Waals surface area contributed by atoms with Crippen molar-refractivity contribution in [3.8, 4) is 0 Å². The quantitative estimate of drug-likeness (QED) is 0.219. The summed E-state index contributed by atoms with van der Waals surface area (Å²) in [7, 11) is 3.20. The van der Waals surface area contributed by atoms with Crippen LogP contribution in [-0.2, 0) is 47.5 Å². The van der Waals surface area contributed by atoms with Gasteiger partial charge in [-0.25, -0.2) is 14.4 Å². The smallest absolute Gasteiger partial charge is 0.410 e. The number of hydrogen-bond donors (Lipinski definition) is 2. The van der Waals surface area contributed by atoms with Gasteiger partial charge in [-0.15, -0.1) is 0 Å². The maximum absolute atomic E-state index is 12.0. The van der Waals surface area contributed by atoms with E-state index in [1.54, 1.807) is 28.9 Å². The van der Waals surface area contributed by atoms with Gasteiger partial charge in [0.05, 0.1) is 52.9 Å². The zero-order valence-electron chi connectivity index (χ0n) is 30.9. The Bertz CT molecular complexity index is 898. The highest BCUT2D eigenvalue weighted by molar-refractivity contribution is 5.78. The molecule has 0 saturated carbocycles. The molecule has 0 unspecified atom stereocenters. The van der Waals surface area contributed by atoms with Crippen molar-refractivity contribution in [1.82, 2.24) is 20.0 Å². The average Bonchev–Trinajstić information content (AvgIpc) is 3.03. The minimum atomic E-state index is -0.966. The number of carboxylic acids is 1. The summed E-state index contributed by atoms with van der Waals surface area (Å²) in [4.78, 5) is 50.5. The van der Waals surface area contributed by atoms with E-state index < -0.39 is 11.6 Å². The Labute approximate surface area is 291 Å². The summed E-state index contributed by atoms with van der Waals surface area (Å²) < 4.78 is 40.4. The van der Waals surface area contributed by atoms with Gasteiger partial charge in [0.1, 0.15) is 24.4 Å². The molecule has 2 saturated heterocycles. The van der Waals surface area contributed by atoms with Gasteiger partial charge in [0, 0.05) is 66.6 Å². The Balaban J connectivity index is 0.000000777. The molecule has 0 radical (unpaired) electrons. The van der Waals surface area contributed by atoms with Crippen LogP contribution < -0.4 is 5.32 Å². The predicted molar refractivity (Wildman–Crippen MR) is 180 cm³/mol. The molecule has 0 aromatic rings. The van der Waals surface area contributed by atoms with Crippen LogP contribution in [0.3, 0.4) is 0 Å². The van der Waals surface area contributed by atoms with Gasteiger partial charge in [0.25, 0.3) is 0 Å². The van der Waals surface area contributed by atoms with Crippen LogP contribution in [0.2, 0.25) is 0 Å². The normalized spacial score (nSPS) is 15.0. The number of amides is 3. The fourth-order valence-corrected chi connectivity index (χ4v) is 3.77. The second-order valence-electron chi connectivity index (χ2n) is 12.8. The van der Waals surface area contributed by atoms with Crippen molar-refractivity contribution in [2.45, 2.75) is 52.7 Å². The molecule has 2 aliphatic rings. The fraction of sp³-hybridized carbons (Fsp3) is 0.875. The van der Waals surface area contributed by atoms with Crippen molar-refractivity contribution < 1.29 is 62.2 Å². The Morgan fingerprint density at radius 2 is 0.918 bits per heavy atom. The molecular formula is C32H62N4O13. The van der Waals surface area contributed by atoms with Crippen molar-refractivity contribution in [2.24, 2.45) is 0 Å². The maximum Gasteiger partial charge on any atom is 0.410 e. The minimum Gasteiger partial charge on any atom is -0.480 e. The second kappa shape index (κ2) is 27.0. The van der Waals surface area contributed by atoms with Gasteiger partial charge in [-0.1, -0.05) is 0 Å². The summed E-state index contributed by atoms with van der Waals surface area (Å²) in [5.41, 5.74) is -0.898. The molecule has 3 amide bonds. The monoisotopic (exact) mass is 710 g/mol. The van der Waals surface area contributed by atoms with E-state index in [-0.39, 0.29) is 36.9 Å². The Kier molecular flexibility index (Phi) is 25.4. The van der Waals surface area contributed by atoms with Gasteiger partial charge in [-0.05, 0) is 41.5 Å². The molecule has 0 spiro atoms. The van der Waals surface area contributed by atoms with Crippen molar-refractivity contribution in [3.63, 3.8) is 0 Å². The minimum absolute atomic E-state index is 0.0279. The number of ether oxygens (including phenoxy) is 8. The third-order valence-corrected chi connectivity index (χ3v) is 6.11. The molecular weight excluding hydrogens is 648 g/mol. The molecule has 2 N–H and O–H groups in total. The van der Waals surface area contributed by atoms with E-state index in [1.165, 1.54) is 0 Å². The van der Waals surface area contributed by atoms with Gasteiger partial charge in [-0.2, -0.15) is 0 Å². The zero-order chi connectivity index (χ0) is 37.1. The van der Waals surface area contributed by atoms with Gasteiger partial charge >= 0.3 is 18.2 Å². The zero-order valence-corrected chi connectivity index (χ0v) is 30.9. The number of carbonyl (C=O) groups excluding carboxylic acids is 3. The fourth-order valence-electron chi connectivity index (χ4n) is 3.77. The van der Waals surface area contributed by atoms with Crippen molar-refractivity contribution in [1.29, 1.82) is 0 Å². The first-order valence-electron chi connectivity index (χ1n) is 16.5. The van der Waals surface area contributed by atoms with E-state index in [9.17, 15) is 19.2 Å². The van der Waals surface area contributed by atoms with E-state index in [2.05, 4.69) is 5.32 Å². The number of rotatable bonds is 16. The molecule has 288 valence electrons. The molecule has 2 rings (SSSR count). The van der Waals surface area contributed by atoms with E-state index >= 15 is 0 Å². The lowest BCUT2D eigenvalue weighted by Crippen LogP contribution is -2.52. The molecule has 2 aliphatic heterocycles. The number of carbonyl (C=O) groups is 4. The summed E-state index contributed by atoms with van der Waals surface area (Å²) in [6.45, 7) is 19.7. The Morgan fingerprint density at radius 1 is 0.551 bits per heavy atom. The molecule has 0 aromatic heterocycles. The number of nitrogens with zero attached hydrogens (tertiary/aromatic N) is 3. The molecule has 49 heavy (non-hydrogen) atoms. The van der Waals surface area contributed by atoms with Crippen LogP contribution in [-0.4, -0.2) is 188 Å². The number of carboxylic acid groups (broad SMARTS) is 1. The van der Waals surface area contributed by atoms with Crippen LogP contribution in [0.15, 0.2) is 0 Å². The number of piperazine rings is 2. The van der Waals surface area contributed by atoms with Gasteiger partial charge in [0.15, 0.2) is 0 Å². The van der Waals surface area contributed by atoms with Crippen molar-refractivity contribution in [3.05, 3.63) is 0 Å². The number of hydrogen-bond acceptors (Lipinski definition) is 13. The van der Waals surface area contributed by atoms with Crippen LogP contribution in [0.5, 0.6) is 0 Å². The molecule has 0 atom stereocenters. The highest BCUT2D eigenvalue weighted by Gasteiger charge is 2.27. The Hall–Kier alpha value is -2.80. The largest absolute Gasteiger partial charge is 0.480 e. The summed E-state index contributed by atoms with van der Waals surface area (Å²) >= 11 is 0. The highest BCUT2D eigenvalue weighted by atomic mass is 16.6. The van der Waals surface area contributed by atoms with E-state index in [1.807, 2.05) is 41.5 Å². The molecule has 0 bridgehead atoms. The van der Waals surface area contributed by atoms with Crippen LogP contribution >= 0.6 is 0 Å². The Morgan fingerprint density at radius 3 is 1.33 bits per heavy atom. The first-order valence-corrected chi connectivity index (χ1v) is 16.5. The summed E-state index contributed by atoms with van der Waals surface area (Å²) in [6, 6.07) is 0. The van der Waals surface area contributed by atoms with E-state index in [0.717, 1.165) is 26.2 Å². The molecule has 17 heteroatoms. The summed E-state index contributed by atoms with van der Waals surface area (Å²) in [5, 5.41) is 11.4. The number of methoxy groups -OCH3 is 2. The third kappa shape index (κ3) is 27.7. The first-order chi connectivity index (χ1) is 23.1. The number of nitrogens with one attached hydrogen (secondary N) is 1. The lowest BCUT2D eigenvalue weighted by molar-refractivity contribution is -0.142. The number of aliphatic carboxylic acids is 1. The predicted octanol–water partition coefficient (Wildman–Crippen LogP) is 1.32. The van der Waals surface area contributed by atoms with Crippen LogP contribution in [0, 0.1) is 0 Å². The van der Waals surface area contributed by atoms with Crippen LogP contribution in [0.1, 0.15) is 41.5 Å². The van der Waals surface area contributed by atoms with E-state index in [4.69, 9.17) is 43.0 Å². The molecule has 0 aromatic carbocycles. The standard InChI is InChI=1S/C16H30N2O6.C9H18N2O2.C7H14O5/c1-16(2,3)24-15(20)18-7-5-17(6-8-18)14(19)13-23-12-11-22-10-9-21-4;1-9(2,3)13-8(12)11-6-4-10-5-7-11;1-10-2-3-11-4-5-12-6-7(8)9/h5-13H2,1-4H3;10H,4-7H2,1-3H3;2-6H2,1H3,(H,8,9). The lowest BCUT2D eigenvalue weighted by atomic mass is 10.2. The van der Waals surface area contributed by atoms with Crippen molar-refractivity contribution in [2.75, 3.05) is 133 Å². The second-order valence-corrected chi connectivity index (χ2v) is 12.8. The summed E-state index contributed by atoms with van der Waals surface area (Å²) in [6.07, 6.45) is -0.534. The SMILES string of the molecule is CC(C)(C)OC(=O)N1CCNCC1.COCCOCCOCC(=O)N1CCN(C(=O)OC(C)(C)C)CC1.COCCOCCOCC(=O)O. The van der Waals surface area contributed by atoms with Crippen molar-refractivity contribution >= 4 is 24.1 Å². The molecule has 0 aliphatic carbocycles. The van der Waals surface area contributed by atoms with E-state index in [0.29, 0.717) is 79.0 Å². The van der Waals surface area contributed by atoms with Gasteiger partial charge < -0.3 is 63.0 Å². The lowest BCUT2D eigenvalue weighted by Gasteiger charge is -2.35. The van der Waals surface area contributed by atoms with Crippen LogP contribution in [0.4, 0.5) is 9.59 Å². The molecule has 2 heterocycles. The molecule has 2 fully saturated rings. The topological polar surface area (TPSA) is 184 Å². The average molecular weight is 711 g/mol. The molecule has 17 nitrogen and oxygen atoms in total. The van der Waals surface area contributed by atoms with Gasteiger partial charge in [0.2, 0.25) is 5.91 Å². The maximum atomic E-state index is 12.0. The highest BCUT2D eigenvalue weighted by Crippen LogP contribution is 2.12. The third-order valence-electron chi connectivity index (χ3n) is 6.11. The first kappa shape index (κ1) is 46.2. The van der Waals surface area contributed by atoms with Gasteiger partial charge in [-0.3, -0.25) is 4.79 Å². The van der Waals surface area contributed by atoms with Crippen LogP contribution in [0.25, 0.3) is 0 Å². The summed E-state index contributed by atoms with van der Waals surface area (Å²) in [5.74, 6) is -1.04.